The standard InChI is InChI=1S/C20H18FN7O3S2/c1-4-13-25-26-19(33-13)22-12(29)9-32-17-14-16(27(2)20(31)28(3)18(14)30)23-15(24-17)10-7-5-6-8-11(10)21/h5-8H,4,9H2,1-3H3,(H,22,26,29). The van der Waals surface area contributed by atoms with Crippen molar-refractivity contribution in [2.45, 2.75) is 18.4 Å². The molecule has 1 amide bonds. The summed E-state index contributed by atoms with van der Waals surface area (Å²) in [6.07, 6.45) is 0.704. The molecule has 4 rings (SSSR count). The average Bonchev–Trinajstić information content (AvgIpc) is 3.27. The number of aryl methyl sites for hydroxylation is 2. The molecule has 1 aromatic carbocycles. The second-order valence-corrected chi connectivity index (χ2v) is 8.95. The van der Waals surface area contributed by atoms with Gasteiger partial charge in [-0.1, -0.05) is 42.2 Å². The number of anilines is 1. The molecule has 0 aliphatic heterocycles. The normalized spacial score (nSPS) is 11.2. The van der Waals surface area contributed by atoms with E-state index in [1.165, 1.54) is 48.2 Å². The number of thioether (sulfide) groups is 1. The maximum Gasteiger partial charge on any atom is 0.332 e. The number of amides is 1. The van der Waals surface area contributed by atoms with Gasteiger partial charge in [-0.2, -0.15) is 0 Å². The molecule has 4 aromatic rings. The first kappa shape index (κ1) is 22.7. The van der Waals surface area contributed by atoms with E-state index in [0.29, 0.717) is 11.6 Å². The van der Waals surface area contributed by atoms with Crippen LogP contribution in [0.25, 0.3) is 22.4 Å². The molecular weight excluding hydrogens is 469 g/mol. The van der Waals surface area contributed by atoms with E-state index in [0.717, 1.165) is 21.3 Å². The third-order valence-corrected chi connectivity index (χ3v) is 6.70. The minimum absolute atomic E-state index is 0.00322. The van der Waals surface area contributed by atoms with Gasteiger partial charge in [0.1, 0.15) is 21.2 Å². The van der Waals surface area contributed by atoms with Crippen LogP contribution >= 0.6 is 23.1 Å². The van der Waals surface area contributed by atoms with E-state index in [2.05, 4.69) is 25.5 Å². The highest BCUT2D eigenvalue weighted by Gasteiger charge is 2.20. The summed E-state index contributed by atoms with van der Waals surface area (Å²) in [7, 11) is 2.81. The molecule has 3 heterocycles. The third kappa shape index (κ3) is 4.41. The van der Waals surface area contributed by atoms with Crippen LogP contribution in [0.1, 0.15) is 11.9 Å². The van der Waals surface area contributed by atoms with Gasteiger partial charge in [-0.25, -0.2) is 19.2 Å². The van der Waals surface area contributed by atoms with Crippen LogP contribution < -0.4 is 16.6 Å². The molecule has 0 radical (unpaired) electrons. The number of benzene rings is 1. The monoisotopic (exact) mass is 487 g/mol. The van der Waals surface area contributed by atoms with Crippen molar-refractivity contribution >= 4 is 45.2 Å². The average molecular weight is 488 g/mol. The van der Waals surface area contributed by atoms with Crippen molar-refractivity contribution in [3.05, 3.63) is 55.9 Å². The lowest BCUT2D eigenvalue weighted by Gasteiger charge is -2.12. The lowest BCUT2D eigenvalue weighted by molar-refractivity contribution is -0.113. The van der Waals surface area contributed by atoms with Crippen molar-refractivity contribution in [2.75, 3.05) is 11.1 Å². The Labute approximate surface area is 194 Å². The number of carbonyl (C=O) groups is 1. The Morgan fingerprint density at radius 1 is 1.15 bits per heavy atom. The molecule has 0 saturated carbocycles. The van der Waals surface area contributed by atoms with Gasteiger partial charge in [-0.15, -0.1) is 10.2 Å². The van der Waals surface area contributed by atoms with Crippen LogP contribution in [0.4, 0.5) is 9.52 Å². The highest BCUT2D eigenvalue weighted by molar-refractivity contribution is 8.00. The number of aromatic nitrogens is 6. The first-order chi connectivity index (χ1) is 15.8. The number of nitrogens with zero attached hydrogens (tertiary/aromatic N) is 6. The summed E-state index contributed by atoms with van der Waals surface area (Å²) in [5.74, 6) is -1.03. The lowest BCUT2D eigenvalue weighted by atomic mass is 10.2. The fourth-order valence-electron chi connectivity index (χ4n) is 3.03. The molecule has 0 spiro atoms. The minimum Gasteiger partial charge on any atom is -0.300 e. The predicted molar refractivity (Wildman–Crippen MR) is 124 cm³/mol. The zero-order valence-corrected chi connectivity index (χ0v) is 19.5. The molecular formula is C20H18FN7O3S2. The Kier molecular flexibility index (Phi) is 6.33. The van der Waals surface area contributed by atoms with Crippen molar-refractivity contribution in [1.29, 1.82) is 0 Å². The summed E-state index contributed by atoms with van der Waals surface area (Å²) < 4.78 is 16.6. The van der Waals surface area contributed by atoms with Crippen LogP contribution in [0.2, 0.25) is 0 Å². The van der Waals surface area contributed by atoms with E-state index in [1.807, 2.05) is 6.92 Å². The van der Waals surface area contributed by atoms with Crippen molar-refractivity contribution < 1.29 is 9.18 Å². The van der Waals surface area contributed by atoms with E-state index < -0.39 is 17.1 Å². The molecule has 33 heavy (non-hydrogen) atoms. The molecule has 170 valence electrons. The molecule has 0 aliphatic rings. The first-order valence-corrected chi connectivity index (χ1v) is 11.6. The van der Waals surface area contributed by atoms with Gasteiger partial charge in [-0.05, 0) is 18.6 Å². The van der Waals surface area contributed by atoms with Crippen LogP contribution in [0.3, 0.4) is 0 Å². The fraction of sp³-hybridized carbons (Fsp3) is 0.250. The molecule has 0 fully saturated rings. The predicted octanol–water partition coefficient (Wildman–Crippen LogP) is 1.98. The van der Waals surface area contributed by atoms with E-state index in [9.17, 15) is 18.8 Å². The molecule has 0 bridgehead atoms. The SMILES string of the molecule is CCc1nnc(NC(=O)CSc2nc(-c3ccccc3F)nc3c2c(=O)n(C)c(=O)n3C)s1. The smallest absolute Gasteiger partial charge is 0.300 e. The van der Waals surface area contributed by atoms with Crippen molar-refractivity contribution in [3.63, 3.8) is 0 Å². The zero-order chi connectivity index (χ0) is 23.7. The molecule has 13 heteroatoms. The number of fused-ring (bicyclic) bond motifs is 1. The van der Waals surface area contributed by atoms with E-state index >= 15 is 0 Å². The van der Waals surface area contributed by atoms with Gasteiger partial charge in [0.15, 0.2) is 11.5 Å². The molecule has 1 N–H and O–H groups in total. The van der Waals surface area contributed by atoms with Gasteiger partial charge >= 0.3 is 5.69 Å². The van der Waals surface area contributed by atoms with Crippen LogP contribution in [-0.4, -0.2) is 41.0 Å². The van der Waals surface area contributed by atoms with Gasteiger partial charge in [0.2, 0.25) is 11.0 Å². The lowest BCUT2D eigenvalue weighted by Crippen LogP contribution is -2.37. The van der Waals surface area contributed by atoms with Gasteiger partial charge in [0, 0.05) is 14.1 Å². The Morgan fingerprint density at radius 3 is 2.61 bits per heavy atom. The van der Waals surface area contributed by atoms with E-state index in [4.69, 9.17) is 0 Å². The number of rotatable bonds is 6. The second kappa shape index (κ2) is 9.19. The Hall–Kier alpha value is -3.45. The van der Waals surface area contributed by atoms with E-state index in [-0.39, 0.29) is 39.1 Å². The molecule has 0 unspecified atom stereocenters. The summed E-state index contributed by atoms with van der Waals surface area (Å²) in [4.78, 5) is 46.5. The summed E-state index contributed by atoms with van der Waals surface area (Å²) in [6.45, 7) is 1.93. The van der Waals surface area contributed by atoms with Crippen LogP contribution in [-0.2, 0) is 25.3 Å². The highest BCUT2D eigenvalue weighted by atomic mass is 32.2. The molecule has 10 nitrogen and oxygen atoms in total. The quantitative estimate of drug-likeness (QED) is 0.323. The van der Waals surface area contributed by atoms with Gasteiger partial charge in [0.25, 0.3) is 5.56 Å². The van der Waals surface area contributed by atoms with Crippen molar-refractivity contribution in [1.82, 2.24) is 29.3 Å². The number of halogens is 1. The fourth-order valence-corrected chi connectivity index (χ4v) is 4.54. The number of hydrogen-bond donors (Lipinski definition) is 1. The molecule has 0 saturated heterocycles. The summed E-state index contributed by atoms with van der Waals surface area (Å²) in [5.41, 5.74) is -1.02. The summed E-state index contributed by atoms with van der Waals surface area (Å²) in [6, 6.07) is 5.92. The Balaban J connectivity index is 1.76. The Bertz CT molecular complexity index is 1500. The molecule has 0 aliphatic carbocycles. The zero-order valence-electron chi connectivity index (χ0n) is 17.8. The number of carbonyl (C=O) groups excluding carboxylic acids is 1. The van der Waals surface area contributed by atoms with Gasteiger partial charge in [0.05, 0.1) is 11.3 Å². The maximum absolute atomic E-state index is 14.4. The summed E-state index contributed by atoms with van der Waals surface area (Å²) >= 11 is 2.26. The van der Waals surface area contributed by atoms with Crippen molar-refractivity contribution in [2.24, 2.45) is 14.1 Å². The number of nitrogens with one attached hydrogen (secondary N) is 1. The number of hydrogen-bond acceptors (Lipinski definition) is 9. The van der Waals surface area contributed by atoms with Crippen LogP contribution in [0.5, 0.6) is 0 Å². The maximum atomic E-state index is 14.4. The van der Waals surface area contributed by atoms with Crippen molar-refractivity contribution in [3.8, 4) is 11.4 Å². The first-order valence-electron chi connectivity index (χ1n) is 9.77. The van der Waals surface area contributed by atoms with Crippen LogP contribution in [0.15, 0.2) is 38.9 Å². The van der Waals surface area contributed by atoms with Crippen LogP contribution in [0, 0.1) is 5.82 Å². The molecule has 0 atom stereocenters. The minimum atomic E-state index is -0.604. The van der Waals surface area contributed by atoms with E-state index in [1.54, 1.807) is 6.07 Å². The highest BCUT2D eigenvalue weighted by Crippen LogP contribution is 2.27. The van der Waals surface area contributed by atoms with Gasteiger partial charge < -0.3 is 0 Å². The largest absolute Gasteiger partial charge is 0.332 e. The molecule has 3 aromatic heterocycles. The third-order valence-electron chi connectivity index (χ3n) is 4.74. The summed E-state index contributed by atoms with van der Waals surface area (Å²) in [5, 5.41) is 11.9. The van der Waals surface area contributed by atoms with Gasteiger partial charge in [-0.3, -0.25) is 24.0 Å². The Morgan fingerprint density at radius 2 is 1.91 bits per heavy atom. The second-order valence-electron chi connectivity index (χ2n) is 6.93. The topological polar surface area (TPSA) is 125 Å².